The highest BCUT2D eigenvalue weighted by Gasteiger charge is 2.27. The van der Waals surface area contributed by atoms with Crippen molar-refractivity contribution in [2.75, 3.05) is 38.6 Å². The summed E-state index contributed by atoms with van der Waals surface area (Å²) in [4.78, 5) is 28.5. The Labute approximate surface area is 180 Å². The number of anilines is 1. The van der Waals surface area contributed by atoms with Crippen LogP contribution >= 0.6 is 0 Å². The van der Waals surface area contributed by atoms with Crippen LogP contribution in [0.3, 0.4) is 0 Å². The monoisotopic (exact) mass is 419 g/mol. The lowest BCUT2D eigenvalue weighted by molar-refractivity contribution is 0.0253. The molecule has 1 heterocycles. The van der Waals surface area contributed by atoms with Gasteiger partial charge < -0.3 is 24.6 Å². The molecule has 1 fully saturated rings. The SMILES string of the molecule is CC(C)COc1ccccc1NC(=O)N1CCCC(CN(C)C(=O)OC(C)(C)C)C1. The molecule has 1 aromatic carbocycles. The molecule has 1 atom stereocenters. The van der Waals surface area contributed by atoms with Crippen molar-refractivity contribution >= 4 is 17.8 Å². The molecule has 30 heavy (non-hydrogen) atoms. The maximum atomic E-state index is 12.9. The molecular weight excluding hydrogens is 382 g/mol. The van der Waals surface area contributed by atoms with Crippen molar-refractivity contribution in [2.24, 2.45) is 11.8 Å². The Morgan fingerprint density at radius 3 is 2.63 bits per heavy atom. The molecular formula is C23H37N3O4. The van der Waals surface area contributed by atoms with E-state index in [9.17, 15) is 9.59 Å². The largest absolute Gasteiger partial charge is 0.491 e. The zero-order valence-corrected chi connectivity index (χ0v) is 19.2. The predicted octanol–water partition coefficient (Wildman–Crippen LogP) is 4.83. The fourth-order valence-corrected chi connectivity index (χ4v) is 3.35. The van der Waals surface area contributed by atoms with E-state index in [0.29, 0.717) is 43.6 Å². The molecule has 1 aliphatic rings. The average Bonchev–Trinajstić information content (AvgIpc) is 2.66. The Morgan fingerprint density at radius 2 is 1.97 bits per heavy atom. The van der Waals surface area contributed by atoms with Gasteiger partial charge in [-0.1, -0.05) is 26.0 Å². The standard InChI is InChI=1S/C23H37N3O4/c1-17(2)16-29-20-12-8-7-11-19(20)24-21(27)26-13-9-10-18(15-26)14-25(6)22(28)30-23(3,4)5/h7-8,11-12,17-18H,9-10,13-16H2,1-6H3,(H,24,27). The smallest absolute Gasteiger partial charge is 0.410 e. The summed E-state index contributed by atoms with van der Waals surface area (Å²) in [6.45, 7) is 12.2. The van der Waals surface area contributed by atoms with E-state index >= 15 is 0 Å². The number of urea groups is 1. The predicted molar refractivity (Wildman–Crippen MR) is 119 cm³/mol. The number of carbonyl (C=O) groups excluding carboxylic acids is 2. The molecule has 7 heteroatoms. The maximum absolute atomic E-state index is 12.9. The van der Waals surface area contributed by atoms with E-state index < -0.39 is 5.60 Å². The van der Waals surface area contributed by atoms with Gasteiger partial charge >= 0.3 is 12.1 Å². The molecule has 1 unspecified atom stereocenters. The second-order valence-electron chi connectivity index (χ2n) is 9.45. The molecule has 1 N–H and O–H groups in total. The highest BCUT2D eigenvalue weighted by atomic mass is 16.6. The summed E-state index contributed by atoms with van der Waals surface area (Å²) >= 11 is 0. The van der Waals surface area contributed by atoms with Gasteiger partial charge in [0.05, 0.1) is 12.3 Å². The first-order valence-corrected chi connectivity index (χ1v) is 10.8. The van der Waals surface area contributed by atoms with E-state index in [1.54, 1.807) is 11.9 Å². The third kappa shape index (κ3) is 7.76. The molecule has 3 amide bonds. The Hall–Kier alpha value is -2.44. The zero-order chi connectivity index (χ0) is 22.3. The summed E-state index contributed by atoms with van der Waals surface area (Å²) in [6.07, 6.45) is 1.55. The lowest BCUT2D eigenvalue weighted by Crippen LogP contribution is -2.46. The average molecular weight is 420 g/mol. The van der Waals surface area contributed by atoms with Crippen molar-refractivity contribution in [1.29, 1.82) is 0 Å². The van der Waals surface area contributed by atoms with Gasteiger partial charge in [-0.05, 0) is 57.6 Å². The molecule has 168 valence electrons. The van der Waals surface area contributed by atoms with Crippen molar-refractivity contribution in [3.05, 3.63) is 24.3 Å². The number of para-hydroxylation sites is 2. The van der Waals surface area contributed by atoms with Crippen LogP contribution in [0.4, 0.5) is 15.3 Å². The molecule has 2 rings (SSSR count). The molecule has 1 saturated heterocycles. The number of benzene rings is 1. The number of nitrogens with one attached hydrogen (secondary N) is 1. The Kier molecular flexibility index (Phi) is 8.38. The second-order valence-corrected chi connectivity index (χ2v) is 9.45. The molecule has 1 aliphatic heterocycles. The van der Waals surface area contributed by atoms with E-state index in [2.05, 4.69) is 19.2 Å². The van der Waals surface area contributed by atoms with Gasteiger partial charge in [0.15, 0.2) is 0 Å². The number of ether oxygens (including phenoxy) is 2. The van der Waals surface area contributed by atoms with Crippen LogP contribution in [-0.4, -0.2) is 60.8 Å². The molecule has 0 aromatic heterocycles. The van der Waals surface area contributed by atoms with E-state index in [0.717, 1.165) is 12.8 Å². The number of nitrogens with zero attached hydrogens (tertiary/aromatic N) is 2. The lowest BCUT2D eigenvalue weighted by Gasteiger charge is -2.35. The highest BCUT2D eigenvalue weighted by molar-refractivity contribution is 5.91. The first-order chi connectivity index (χ1) is 14.0. The number of hydrogen-bond acceptors (Lipinski definition) is 4. The third-order valence-electron chi connectivity index (χ3n) is 4.74. The van der Waals surface area contributed by atoms with Crippen LogP contribution in [0.15, 0.2) is 24.3 Å². The third-order valence-corrected chi connectivity index (χ3v) is 4.74. The molecule has 0 spiro atoms. The van der Waals surface area contributed by atoms with Crippen molar-refractivity contribution in [2.45, 2.75) is 53.1 Å². The van der Waals surface area contributed by atoms with Gasteiger partial charge in [0.1, 0.15) is 11.4 Å². The minimum absolute atomic E-state index is 0.139. The molecule has 0 bridgehead atoms. The lowest BCUT2D eigenvalue weighted by atomic mass is 9.98. The molecule has 0 saturated carbocycles. The van der Waals surface area contributed by atoms with E-state index in [-0.39, 0.29) is 18.0 Å². The van der Waals surface area contributed by atoms with Gasteiger partial charge in [-0.25, -0.2) is 9.59 Å². The van der Waals surface area contributed by atoms with Crippen molar-refractivity contribution in [3.63, 3.8) is 0 Å². The Morgan fingerprint density at radius 1 is 1.27 bits per heavy atom. The number of likely N-dealkylation sites (tertiary alicyclic amines) is 1. The molecule has 0 radical (unpaired) electrons. The first kappa shape index (κ1) is 23.8. The molecule has 7 nitrogen and oxygen atoms in total. The van der Waals surface area contributed by atoms with Crippen LogP contribution in [-0.2, 0) is 4.74 Å². The van der Waals surface area contributed by atoms with Gasteiger partial charge in [-0.15, -0.1) is 0 Å². The van der Waals surface area contributed by atoms with E-state index in [1.807, 2.05) is 49.9 Å². The van der Waals surface area contributed by atoms with Crippen LogP contribution in [0.25, 0.3) is 0 Å². The van der Waals surface area contributed by atoms with Gasteiger partial charge in [-0.2, -0.15) is 0 Å². The van der Waals surface area contributed by atoms with Crippen LogP contribution in [0.5, 0.6) is 5.75 Å². The van der Waals surface area contributed by atoms with Gasteiger partial charge in [0.2, 0.25) is 0 Å². The number of amides is 3. The van der Waals surface area contributed by atoms with Gasteiger partial charge in [-0.3, -0.25) is 0 Å². The fourth-order valence-electron chi connectivity index (χ4n) is 3.35. The fraction of sp³-hybridized carbons (Fsp3) is 0.652. The van der Waals surface area contributed by atoms with Crippen LogP contribution in [0.2, 0.25) is 0 Å². The quantitative estimate of drug-likeness (QED) is 0.717. The van der Waals surface area contributed by atoms with Crippen LogP contribution in [0, 0.1) is 11.8 Å². The zero-order valence-electron chi connectivity index (χ0n) is 19.2. The number of piperidine rings is 1. The van der Waals surface area contributed by atoms with E-state index in [4.69, 9.17) is 9.47 Å². The van der Waals surface area contributed by atoms with Gasteiger partial charge in [0.25, 0.3) is 0 Å². The van der Waals surface area contributed by atoms with Crippen molar-refractivity contribution < 1.29 is 19.1 Å². The van der Waals surface area contributed by atoms with Crippen molar-refractivity contribution in [1.82, 2.24) is 9.80 Å². The summed E-state index contributed by atoms with van der Waals surface area (Å²) in [7, 11) is 1.75. The number of rotatable bonds is 6. The normalized spacial score (nSPS) is 16.9. The number of hydrogen-bond donors (Lipinski definition) is 1. The minimum Gasteiger partial charge on any atom is -0.491 e. The Balaban J connectivity index is 1.92. The van der Waals surface area contributed by atoms with Gasteiger partial charge in [0, 0.05) is 26.7 Å². The molecule has 1 aromatic rings. The van der Waals surface area contributed by atoms with Crippen LogP contribution in [0.1, 0.15) is 47.5 Å². The number of carbonyl (C=O) groups is 2. The summed E-state index contributed by atoms with van der Waals surface area (Å²) in [5.74, 6) is 1.30. The van der Waals surface area contributed by atoms with Crippen LogP contribution < -0.4 is 10.1 Å². The first-order valence-electron chi connectivity index (χ1n) is 10.8. The topological polar surface area (TPSA) is 71.1 Å². The second kappa shape index (κ2) is 10.5. The summed E-state index contributed by atoms with van der Waals surface area (Å²) < 4.78 is 11.3. The Bertz CT molecular complexity index is 715. The summed E-state index contributed by atoms with van der Waals surface area (Å²) in [6, 6.07) is 7.36. The van der Waals surface area contributed by atoms with Crippen molar-refractivity contribution in [3.8, 4) is 5.75 Å². The summed E-state index contributed by atoms with van der Waals surface area (Å²) in [5, 5.41) is 2.99. The van der Waals surface area contributed by atoms with E-state index in [1.165, 1.54) is 0 Å². The minimum atomic E-state index is -0.519. The summed E-state index contributed by atoms with van der Waals surface area (Å²) in [5.41, 5.74) is 0.158. The molecule has 0 aliphatic carbocycles. The highest BCUT2D eigenvalue weighted by Crippen LogP contribution is 2.26. The maximum Gasteiger partial charge on any atom is 0.410 e.